The lowest BCUT2D eigenvalue weighted by atomic mass is 10.1. The van der Waals surface area contributed by atoms with Crippen LogP contribution < -0.4 is 5.73 Å². The minimum absolute atomic E-state index is 0.808. The van der Waals surface area contributed by atoms with E-state index in [-0.39, 0.29) is 0 Å². The minimum Gasteiger partial charge on any atom is -0.399 e. The van der Waals surface area contributed by atoms with Gasteiger partial charge < -0.3 is 10.6 Å². The standard InChI is InChI=1S/C19H32N2/c1-16(2)12-14-21(19-10-3-4-11-19)13-6-8-17-7-5-9-18(20)15-17/h5,7,9,15-16,19H,3-4,6,8,10-14,20H2,1-2H3. The second-order valence-corrected chi connectivity index (χ2v) is 7.01. The maximum Gasteiger partial charge on any atom is 0.0316 e. The summed E-state index contributed by atoms with van der Waals surface area (Å²) in [7, 11) is 0. The Kier molecular flexibility index (Phi) is 6.56. The van der Waals surface area contributed by atoms with Crippen molar-refractivity contribution in [1.29, 1.82) is 0 Å². The second-order valence-electron chi connectivity index (χ2n) is 7.01. The van der Waals surface area contributed by atoms with Crippen LogP contribution in [0.25, 0.3) is 0 Å². The van der Waals surface area contributed by atoms with E-state index in [1.807, 2.05) is 6.07 Å². The lowest BCUT2D eigenvalue weighted by Crippen LogP contribution is -2.35. The molecule has 0 heterocycles. The minimum atomic E-state index is 0.808. The fraction of sp³-hybridized carbons (Fsp3) is 0.684. The Balaban J connectivity index is 1.80. The second kappa shape index (κ2) is 8.43. The van der Waals surface area contributed by atoms with Crippen LogP contribution in [0.5, 0.6) is 0 Å². The van der Waals surface area contributed by atoms with Crippen LogP contribution in [-0.4, -0.2) is 24.0 Å². The van der Waals surface area contributed by atoms with Crippen LogP contribution in [-0.2, 0) is 6.42 Å². The highest BCUT2D eigenvalue weighted by Gasteiger charge is 2.21. The van der Waals surface area contributed by atoms with E-state index >= 15 is 0 Å². The lowest BCUT2D eigenvalue weighted by molar-refractivity contribution is 0.186. The monoisotopic (exact) mass is 288 g/mol. The van der Waals surface area contributed by atoms with Gasteiger partial charge in [0.2, 0.25) is 0 Å². The Hall–Kier alpha value is -1.02. The van der Waals surface area contributed by atoms with E-state index in [1.165, 1.54) is 57.2 Å². The molecule has 0 radical (unpaired) electrons. The van der Waals surface area contributed by atoms with E-state index in [9.17, 15) is 0 Å². The highest BCUT2D eigenvalue weighted by Crippen LogP contribution is 2.24. The van der Waals surface area contributed by atoms with Crippen molar-refractivity contribution in [1.82, 2.24) is 4.90 Å². The molecule has 0 bridgehead atoms. The van der Waals surface area contributed by atoms with Crippen molar-refractivity contribution in [3.8, 4) is 0 Å². The number of anilines is 1. The third-order valence-electron chi connectivity index (χ3n) is 4.70. The van der Waals surface area contributed by atoms with E-state index in [1.54, 1.807) is 0 Å². The van der Waals surface area contributed by atoms with Crippen molar-refractivity contribution in [3.63, 3.8) is 0 Å². The molecule has 0 unspecified atom stereocenters. The summed E-state index contributed by atoms with van der Waals surface area (Å²) in [6.07, 6.45) is 9.41. The van der Waals surface area contributed by atoms with Crippen LogP contribution in [0.4, 0.5) is 5.69 Å². The summed E-state index contributed by atoms with van der Waals surface area (Å²) in [6, 6.07) is 9.21. The first-order valence-electron chi connectivity index (χ1n) is 8.73. The molecule has 1 fully saturated rings. The van der Waals surface area contributed by atoms with Crippen molar-refractivity contribution in [2.75, 3.05) is 18.8 Å². The van der Waals surface area contributed by atoms with Crippen molar-refractivity contribution in [2.45, 2.75) is 64.8 Å². The fourth-order valence-corrected chi connectivity index (χ4v) is 3.41. The summed E-state index contributed by atoms with van der Waals surface area (Å²) in [6.45, 7) is 7.19. The Bertz CT molecular complexity index is 408. The highest BCUT2D eigenvalue weighted by atomic mass is 15.2. The Morgan fingerprint density at radius 2 is 1.95 bits per heavy atom. The Morgan fingerprint density at radius 3 is 2.62 bits per heavy atom. The summed E-state index contributed by atoms with van der Waals surface area (Å²) >= 11 is 0. The van der Waals surface area contributed by atoms with Gasteiger partial charge in [0, 0.05) is 11.7 Å². The molecule has 0 saturated heterocycles. The predicted molar refractivity (Wildman–Crippen MR) is 92.5 cm³/mol. The molecule has 0 spiro atoms. The number of nitrogens with two attached hydrogens (primary N) is 1. The van der Waals surface area contributed by atoms with E-state index in [0.29, 0.717) is 0 Å². The van der Waals surface area contributed by atoms with Crippen LogP contribution in [0.2, 0.25) is 0 Å². The first-order chi connectivity index (χ1) is 10.1. The van der Waals surface area contributed by atoms with Gasteiger partial charge in [-0.2, -0.15) is 0 Å². The molecular formula is C19H32N2. The van der Waals surface area contributed by atoms with Gasteiger partial charge in [-0.15, -0.1) is 0 Å². The van der Waals surface area contributed by atoms with Crippen LogP contribution in [0, 0.1) is 5.92 Å². The molecule has 0 aliphatic heterocycles. The SMILES string of the molecule is CC(C)CCN(CCCc1cccc(N)c1)C1CCCC1. The third-order valence-corrected chi connectivity index (χ3v) is 4.70. The van der Waals surface area contributed by atoms with E-state index in [4.69, 9.17) is 5.73 Å². The van der Waals surface area contributed by atoms with Gasteiger partial charge in [0.25, 0.3) is 0 Å². The van der Waals surface area contributed by atoms with Gasteiger partial charge in [-0.1, -0.05) is 38.8 Å². The first-order valence-corrected chi connectivity index (χ1v) is 8.73. The quantitative estimate of drug-likeness (QED) is 0.714. The number of rotatable bonds is 8. The van der Waals surface area contributed by atoms with Gasteiger partial charge in [0.1, 0.15) is 0 Å². The molecule has 1 aromatic carbocycles. The normalized spacial score (nSPS) is 16.2. The molecule has 2 heteroatoms. The van der Waals surface area contributed by atoms with E-state index in [2.05, 4.69) is 36.9 Å². The number of nitrogens with zero attached hydrogens (tertiary/aromatic N) is 1. The van der Waals surface area contributed by atoms with Crippen LogP contribution in [0.15, 0.2) is 24.3 Å². The lowest BCUT2D eigenvalue weighted by Gasteiger charge is -2.29. The molecule has 118 valence electrons. The van der Waals surface area contributed by atoms with Gasteiger partial charge in [0.15, 0.2) is 0 Å². The molecule has 0 atom stereocenters. The van der Waals surface area contributed by atoms with Crippen LogP contribution in [0.1, 0.15) is 57.9 Å². The average molecular weight is 288 g/mol. The third kappa shape index (κ3) is 5.70. The van der Waals surface area contributed by atoms with Crippen molar-refractivity contribution >= 4 is 5.69 Å². The van der Waals surface area contributed by atoms with Gasteiger partial charge >= 0.3 is 0 Å². The molecule has 21 heavy (non-hydrogen) atoms. The maximum absolute atomic E-state index is 5.86. The number of hydrogen-bond donors (Lipinski definition) is 1. The van der Waals surface area contributed by atoms with Crippen molar-refractivity contribution < 1.29 is 0 Å². The zero-order chi connectivity index (χ0) is 15.1. The predicted octanol–water partition coefficient (Wildman–Crippen LogP) is 4.49. The summed E-state index contributed by atoms with van der Waals surface area (Å²) in [5.74, 6) is 0.808. The smallest absolute Gasteiger partial charge is 0.0316 e. The summed E-state index contributed by atoms with van der Waals surface area (Å²) in [4.78, 5) is 2.76. The fourth-order valence-electron chi connectivity index (χ4n) is 3.41. The number of aryl methyl sites for hydroxylation is 1. The van der Waals surface area contributed by atoms with E-state index in [0.717, 1.165) is 24.1 Å². The van der Waals surface area contributed by atoms with Crippen molar-refractivity contribution in [2.24, 2.45) is 5.92 Å². The summed E-state index contributed by atoms with van der Waals surface area (Å²) in [5, 5.41) is 0. The van der Waals surface area contributed by atoms with Gasteiger partial charge in [-0.3, -0.25) is 0 Å². The molecule has 1 aliphatic rings. The number of benzene rings is 1. The maximum atomic E-state index is 5.86. The summed E-state index contributed by atoms with van der Waals surface area (Å²) < 4.78 is 0. The Labute approximate surface area is 130 Å². The van der Waals surface area contributed by atoms with Gasteiger partial charge in [-0.25, -0.2) is 0 Å². The van der Waals surface area contributed by atoms with Crippen LogP contribution >= 0.6 is 0 Å². The zero-order valence-corrected chi connectivity index (χ0v) is 13.9. The largest absolute Gasteiger partial charge is 0.399 e. The molecule has 1 aliphatic carbocycles. The topological polar surface area (TPSA) is 29.3 Å². The molecule has 2 nitrogen and oxygen atoms in total. The first kappa shape index (κ1) is 16.4. The van der Waals surface area contributed by atoms with Gasteiger partial charge in [-0.05, 0) is 68.8 Å². The van der Waals surface area contributed by atoms with Gasteiger partial charge in [0.05, 0.1) is 0 Å². The average Bonchev–Trinajstić information content (AvgIpc) is 2.96. The summed E-state index contributed by atoms with van der Waals surface area (Å²) in [5.41, 5.74) is 8.13. The molecule has 1 aromatic rings. The molecule has 2 rings (SSSR count). The molecule has 0 aromatic heterocycles. The number of nitrogen functional groups attached to an aromatic ring is 1. The molecule has 0 amide bonds. The highest BCUT2D eigenvalue weighted by molar-refractivity contribution is 5.40. The van der Waals surface area contributed by atoms with Crippen molar-refractivity contribution in [3.05, 3.63) is 29.8 Å². The zero-order valence-electron chi connectivity index (χ0n) is 13.9. The Morgan fingerprint density at radius 1 is 1.19 bits per heavy atom. The van der Waals surface area contributed by atoms with E-state index < -0.39 is 0 Å². The number of hydrogen-bond acceptors (Lipinski definition) is 2. The van der Waals surface area contributed by atoms with Crippen LogP contribution in [0.3, 0.4) is 0 Å². The molecule has 1 saturated carbocycles. The molecular weight excluding hydrogens is 256 g/mol. The molecule has 2 N–H and O–H groups in total.